The molecule has 0 N–H and O–H groups in total. The Hall–Kier alpha value is -3.17. The Kier molecular flexibility index (Phi) is 7.38. The lowest BCUT2D eigenvalue weighted by Crippen LogP contribution is -2.47. The average molecular weight is 520 g/mol. The molecule has 1 aromatic carbocycles. The molecule has 0 atom stereocenters. The Morgan fingerprint density at radius 1 is 0.972 bits per heavy atom. The summed E-state index contributed by atoms with van der Waals surface area (Å²) in [4.78, 5) is 38.3. The fourth-order valence-corrected chi connectivity index (χ4v) is 5.91. The summed E-state index contributed by atoms with van der Waals surface area (Å²) in [6, 6.07) is 15.9. The van der Waals surface area contributed by atoms with Gasteiger partial charge in [-0.2, -0.15) is 0 Å². The highest BCUT2D eigenvalue weighted by molar-refractivity contribution is 8.26. The van der Waals surface area contributed by atoms with Crippen LogP contribution in [0.15, 0.2) is 64.4 Å². The number of anilines is 2. The standard InChI is InChI=1S/C27H29N5O2S2/c1-2-3-8-14-32-26(34)22(36-27(32)35)19-21-24(28-23-12-7-9-13-31(23)25(21)33)30-17-15-29(16-18-30)20-10-5-4-6-11-20/h4-7,9-13,19H,2-3,8,14-18H2,1H3. The van der Waals surface area contributed by atoms with Gasteiger partial charge in [-0.25, -0.2) is 4.98 Å². The van der Waals surface area contributed by atoms with E-state index >= 15 is 0 Å². The maximum atomic E-state index is 13.6. The van der Waals surface area contributed by atoms with Crippen molar-refractivity contribution in [3.63, 3.8) is 0 Å². The number of aromatic nitrogens is 2. The Labute approximate surface area is 220 Å². The lowest BCUT2D eigenvalue weighted by Gasteiger charge is -2.37. The van der Waals surface area contributed by atoms with Gasteiger partial charge in [0.25, 0.3) is 11.5 Å². The van der Waals surface area contributed by atoms with Crippen LogP contribution in [-0.2, 0) is 4.79 Å². The smallest absolute Gasteiger partial charge is 0.267 e. The fraction of sp³-hybridized carbons (Fsp3) is 0.333. The number of piperazine rings is 1. The quantitative estimate of drug-likeness (QED) is 0.260. The largest absolute Gasteiger partial charge is 0.368 e. The van der Waals surface area contributed by atoms with Crippen molar-refractivity contribution in [2.24, 2.45) is 0 Å². The van der Waals surface area contributed by atoms with Crippen LogP contribution in [0, 0.1) is 0 Å². The molecule has 3 aromatic rings. The third-order valence-corrected chi connectivity index (χ3v) is 7.96. The third-order valence-electron chi connectivity index (χ3n) is 6.58. The van der Waals surface area contributed by atoms with Gasteiger partial charge in [-0.1, -0.05) is 68.0 Å². The van der Waals surface area contributed by atoms with Crippen LogP contribution in [-0.4, -0.2) is 57.2 Å². The molecule has 2 aliphatic heterocycles. The van der Waals surface area contributed by atoms with Gasteiger partial charge >= 0.3 is 0 Å². The van der Waals surface area contributed by atoms with E-state index in [9.17, 15) is 9.59 Å². The predicted molar refractivity (Wildman–Crippen MR) is 152 cm³/mol. The van der Waals surface area contributed by atoms with Gasteiger partial charge in [0.1, 0.15) is 15.8 Å². The van der Waals surface area contributed by atoms with Crippen molar-refractivity contribution >= 4 is 57.4 Å². The summed E-state index contributed by atoms with van der Waals surface area (Å²) in [5.74, 6) is 0.494. The Bertz CT molecular complexity index is 1360. The van der Waals surface area contributed by atoms with Gasteiger partial charge in [0.2, 0.25) is 0 Å². The zero-order chi connectivity index (χ0) is 25.1. The fourth-order valence-electron chi connectivity index (χ4n) is 4.62. The first-order valence-electron chi connectivity index (χ1n) is 12.4. The van der Waals surface area contributed by atoms with Gasteiger partial charge in [0.05, 0.1) is 10.5 Å². The lowest BCUT2D eigenvalue weighted by molar-refractivity contribution is -0.122. The van der Waals surface area contributed by atoms with Gasteiger partial charge in [-0.05, 0) is 36.8 Å². The van der Waals surface area contributed by atoms with E-state index in [1.807, 2.05) is 36.4 Å². The highest BCUT2D eigenvalue weighted by Gasteiger charge is 2.32. The molecule has 2 aliphatic rings. The summed E-state index contributed by atoms with van der Waals surface area (Å²) in [5, 5.41) is 0. The van der Waals surface area contributed by atoms with Crippen molar-refractivity contribution in [1.29, 1.82) is 0 Å². The molecule has 0 unspecified atom stereocenters. The number of pyridine rings is 1. The number of para-hydroxylation sites is 1. The van der Waals surface area contributed by atoms with Crippen LogP contribution in [0.4, 0.5) is 11.5 Å². The van der Waals surface area contributed by atoms with E-state index in [-0.39, 0.29) is 11.5 Å². The lowest BCUT2D eigenvalue weighted by atomic mass is 10.2. The molecule has 0 spiro atoms. The first-order valence-corrected chi connectivity index (χ1v) is 13.6. The third kappa shape index (κ3) is 4.90. The van der Waals surface area contributed by atoms with Gasteiger partial charge in [0.15, 0.2) is 0 Å². The number of benzene rings is 1. The van der Waals surface area contributed by atoms with E-state index in [0.29, 0.717) is 32.8 Å². The number of rotatable bonds is 7. The molecule has 0 saturated carbocycles. The van der Waals surface area contributed by atoms with Gasteiger partial charge in [-0.3, -0.25) is 18.9 Å². The number of hydrogen-bond acceptors (Lipinski definition) is 7. The van der Waals surface area contributed by atoms with Crippen molar-refractivity contribution in [3.8, 4) is 0 Å². The van der Waals surface area contributed by atoms with Crippen molar-refractivity contribution < 1.29 is 4.79 Å². The summed E-state index contributed by atoms with van der Waals surface area (Å²) >= 11 is 6.77. The minimum absolute atomic E-state index is 0.126. The number of thiocarbonyl (C=S) groups is 1. The maximum absolute atomic E-state index is 13.6. The zero-order valence-corrected chi connectivity index (χ0v) is 21.9. The van der Waals surface area contributed by atoms with Crippen LogP contribution in [0.3, 0.4) is 0 Å². The number of carbonyl (C=O) groups is 1. The average Bonchev–Trinajstić information content (AvgIpc) is 3.18. The maximum Gasteiger partial charge on any atom is 0.267 e. The van der Waals surface area contributed by atoms with Crippen LogP contribution in [0.25, 0.3) is 11.7 Å². The summed E-state index contributed by atoms with van der Waals surface area (Å²) in [5.41, 5.74) is 2.03. The monoisotopic (exact) mass is 519 g/mol. The van der Waals surface area contributed by atoms with Crippen molar-refractivity contribution in [1.82, 2.24) is 14.3 Å². The molecule has 2 saturated heterocycles. The molecule has 2 aromatic heterocycles. The van der Waals surface area contributed by atoms with Crippen molar-refractivity contribution in [2.45, 2.75) is 26.2 Å². The van der Waals surface area contributed by atoms with E-state index in [2.05, 4.69) is 28.9 Å². The summed E-state index contributed by atoms with van der Waals surface area (Å²) in [7, 11) is 0. The molecule has 186 valence electrons. The Morgan fingerprint density at radius 2 is 1.69 bits per heavy atom. The molecule has 0 aliphatic carbocycles. The minimum atomic E-state index is -0.183. The van der Waals surface area contributed by atoms with Crippen LogP contribution < -0.4 is 15.4 Å². The molecular weight excluding hydrogens is 490 g/mol. The Balaban J connectivity index is 1.48. The van der Waals surface area contributed by atoms with Gasteiger partial charge in [0, 0.05) is 44.6 Å². The van der Waals surface area contributed by atoms with E-state index in [4.69, 9.17) is 17.2 Å². The van der Waals surface area contributed by atoms with Crippen molar-refractivity contribution in [3.05, 3.63) is 75.6 Å². The summed E-state index contributed by atoms with van der Waals surface area (Å²) in [6.45, 7) is 5.83. The number of nitrogens with zero attached hydrogens (tertiary/aromatic N) is 5. The predicted octanol–water partition coefficient (Wildman–Crippen LogP) is 4.41. The number of carbonyl (C=O) groups excluding carboxylic acids is 1. The van der Waals surface area contributed by atoms with E-state index in [1.54, 1.807) is 17.2 Å². The first kappa shape index (κ1) is 24.5. The second-order valence-electron chi connectivity index (χ2n) is 8.93. The van der Waals surface area contributed by atoms with Crippen LogP contribution in [0.5, 0.6) is 0 Å². The molecule has 5 rings (SSSR count). The normalized spacial score (nSPS) is 17.6. The topological polar surface area (TPSA) is 61.2 Å². The first-order chi connectivity index (χ1) is 17.6. The Morgan fingerprint density at radius 3 is 2.44 bits per heavy atom. The minimum Gasteiger partial charge on any atom is -0.368 e. The van der Waals surface area contributed by atoms with Gasteiger partial charge in [-0.15, -0.1) is 0 Å². The number of thioether (sulfide) groups is 1. The van der Waals surface area contributed by atoms with E-state index in [0.717, 1.165) is 45.4 Å². The number of amides is 1. The molecule has 7 nitrogen and oxygen atoms in total. The molecule has 0 radical (unpaired) electrons. The summed E-state index contributed by atoms with van der Waals surface area (Å²) in [6.07, 6.45) is 6.45. The van der Waals surface area contributed by atoms with Crippen LogP contribution in [0.2, 0.25) is 0 Å². The van der Waals surface area contributed by atoms with E-state index in [1.165, 1.54) is 21.8 Å². The molecule has 1 amide bonds. The van der Waals surface area contributed by atoms with Crippen LogP contribution >= 0.6 is 24.0 Å². The number of unbranched alkanes of at least 4 members (excludes halogenated alkanes) is 2. The molecule has 0 bridgehead atoms. The molecule has 9 heteroatoms. The molecule has 2 fully saturated rings. The second-order valence-corrected chi connectivity index (χ2v) is 10.6. The summed E-state index contributed by atoms with van der Waals surface area (Å²) < 4.78 is 2.09. The number of hydrogen-bond donors (Lipinski definition) is 0. The zero-order valence-electron chi connectivity index (χ0n) is 20.3. The highest BCUT2D eigenvalue weighted by Crippen LogP contribution is 2.34. The second kappa shape index (κ2) is 10.8. The number of fused-ring (bicyclic) bond motifs is 1. The molecule has 4 heterocycles. The highest BCUT2D eigenvalue weighted by atomic mass is 32.2. The van der Waals surface area contributed by atoms with Crippen LogP contribution in [0.1, 0.15) is 31.7 Å². The SMILES string of the molecule is CCCCCN1C(=O)C(=Cc2c(N3CCN(c4ccccc4)CC3)nc3ccccn3c2=O)SC1=S. The molecular formula is C27H29N5O2S2. The van der Waals surface area contributed by atoms with E-state index < -0.39 is 0 Å². The van der Waals surface area contributed by atoms with Crippen molar-refractivity contribution in [2.75, 3.05) is 42.5 Å². The van der Waals surface area contributed by atoms with Gasteiger partial charge < -0.3 is 9.80 Å². The molecule has 36 heavy (non-hydrogen) atoms.